The van der Waals surface area contributed by atoms with Crippen LogP contribution in [0, 0.1) is 0 Å². The van der Waals surface area contributed by atoms with Crippen molar-refractivity contribution in [2.24, 2.45) is 0 Å². The minimum atomic E-state index is -0.635. The van der Waals surface area contributed by atoms with Gasteiger partial charge in [-0.3, -0.25) is 4.79 Å². The Morgan fingerprint density at radius 1 is 1.17 bits per heavy atom. The van der Waals surface area contributed by atoms with Crippen LogP contribution in [0.2, 0.25) is 5.02 Å². The molecule has 4 nitrogen and oxygen atoms in total. The van der Waals surface area contributed by atoms with E-state index in [-0.39, 0.29) is 17.6 Å². The van der Waals surface area contributed by atoms with Gasteiger partial charge in [0.15, 0.2) is 0 Å². The third-order valence-electron chi connectivity index (χ3n) is 3.50. The average molecular weight is 328 g/mol. The smallest absolute Gasteiger partial charge is 0.344 e. The summed E-state index contributed by atoms with van der Waals surface area (Å²) in [6.45, 7) is 1.90. The number of pyridine rings is 1. The first-order chi connectivity index (χ1) is 11.1. The lowest BCUT2D eigenvalue weighted by molar-refractivity contribution is 0.0525. The fourth-order valence-corrected chi connectivity index (χ4v) is 2.65. The number of fused-ring (bicyclic) bond motifs is 1. The first-order valence-corrected chi connectivity index (χ1v) is 7.57. The van der Waals surface area contributed by atoms with Crippen molar-refractivity contribution >= 4 is 28.5 Å². The number of ether oxygens (including phenoxy) is 1. The molecule has 1 aromatic heterocycles. The second-order valence-corrected chi connectivity index (χ2v) is 5.42. The number of carbonyl (C=O) groups is 1. The standard InChI is InChI=1S/C18H14ClNO3/c1-2-23-18(22)15-16(11-6-4-3-5-7-11)20-14-10-12(19)8-9-13(14)17(15)21/h3-10H,2H2,1H3,(H,20,21). The first kappa shape index (κ1) is 15.3. The Morgan fingerprint density at radius 2 is 1.91 bits per heavy atom. The summed E-state index contributed by atoms with van der Waals surface area (Å²) in [5.74, 6) is -0.635. The van der Waals surface area contributed by atoms with Crippen LogP contribution in [0.5, 0.6) is 0 Å². The van der Waals surface area contributed by atoms with Crippen molar-refractivity contribution in [3.8, 4) is 11.3 Å². The molecule has 0 fully saturated rings. The fourth-order valence-electron chi connectivity index (χ4n) is 2.48. The normalized spacial score (nSPS) is 10.7. The summed E-state index contributed by atoms with van der Waals surface area (Å²) in [7, 11) is 0. The maximum absolute atomic E-state index is 12.8. The van der Waals surface area contributed by atoms with Gasteiger partial charge >= 0.3 is 5.97 Å². The Bertz CT molecular complexity index is 932. The molecule has 0 atom stereocenters. The molecular formula is C18H14ClNO3. The van der Waals surface area contributed by atoms with Crippen molar-refractivity contribution < 1.29 is 9.53 Å². The van der Waals surface area contributed by atoms with Gasteiger partial charge in [-0.2, -0.15) is 0 Å². The number of esters is 1. The summed E-state index contributed by atoms with van der Waals surface area (Å²) >= 11 is 6.01. The number of carbonyl (C=O) groups excluding carboxylic acids is 1. The van der Waals surface area contributed by atoms with Gasteiger partial charge in [0.05, 0.1) is 17.8 Å². The molecular weight excluding hydrogens is 314 g/mol. The van der Waals surface area contributed by atoms with Gasteiger partial charge in [-0.15, -0.1) is 0 Å². The molecule has 23 heavy (non-hydrogen) atoms. The summed E-state index contributed by atoms with van der Waals surface area (Å²) < 4.78 is 5.06. The molecule has 3 aromatic rings. The largest absolute Gasteiger partial charge is 0.462 e. The van der Waals surface area contributed by atoms with Crippen LogP contribution in [0.4, 0.5) is 0 Å². The second-order valence-electron chi connectivity index (χ2n) is 4.98. The number of benzene rings is 2. The number of aromatic amines is 1. The molecule has 0 saturated heterocycles. The summed E-state index contributed by atoms with van der Waals surface area (Å²) in [5, 5.41) is 0.910. The van der Waals surface area contributed by atoms with Gasteiger partial charge in [-0.1, -0.05) is 41.9 Å². The van der Waals surface area contributed by atoms with Crippen LogP contribution in [-0.4, -0.2) is 17.6 Å². The lowest BCUT2D eigenvalue weighted by Gasteiger charge is -2.11. The molecule has 0 bridgehead atoms. The molecule has 1 N–H and O–H groups in total. The van der Waals surface area contributed by atoms with E-state index in [0.29, 0.717) is 21.6 Å². The molecule has 0 unspecified atom stereocenters. The summed E-state index contributed by atoms with van der Waals surface area (Å²) in [6, 6.07) is 14.1. The molecule has 0 aliphatic carbocycles. The number of nitrogens with one attached hydrogen (secondary N) is 1. The van der Waals surface area contributed by atoms with Crippen molar-refractivity contribution in [3.63, 3.8) is 0 Å². The third-order valence-corrected chi connectivity index (χ3v) is 3.74. The molecule has 3 rings (SSSR count). The third kappa shape index (κ3) is 2.85. The van der Waals surface area contributed by atoms with E-state index in [2.05, 4.69) is 4.98 Å². The Kier molecular flexibility index (Phi) is 4.17. The van der Waals surface area contributed by atoms with Gasteiger partial charge < -0.3 is 9.72 Å². The highest BCUT2D eigenvalue weighted by Gasteiger charge is 2.21. The molecule has 2 aromatic carbocycles. The van der Waals surface area contributed by atoms with E-state index in [1.165, 1.54) is 0 Å². The zero-order valence-electron chi connectivity index (χ0n) is 12.4. The fraction of sp³-hybridized carbons (Fsp3) is 0.111. The SMILES string of the molecule is CCOC(=O)c1c(-c2ccccc2)[nH]c2cc(Cl)ccc2c1=O. The number of halogens is 1. The van der Waals surface area contributed by atoms with Crippen LogP contribution in [0.15, 0.2) is 53.3 Å². The minimum Gasteiger partial charge on any atom is -0.462 e. The van der Waals surface area contributed by atoms with Crippen LogP contribution in [-0.2, 0) is 4.74 Å². The molecule has 0 aliphatic heterocycles. The highest BCUT2D eigenvalue weighted by atomic mass is 35.5. The second kappa shape index (κ2) is 6.26. The molecule has 0 aliphatic rings. The Hall–Kier alpha value is -2.59. The van der Waals surface area contributed by atoms with E-state index < -0.39 is 5.97 Å². The number of hydrogen-bond donors (Lipinski definition) is 1. The van der Waals surface area contributed by atoms with E-state index in [1.54, 1.807) is 25.1 Å². The zero-order chi connectivity index (χ0) is 16.4. The predicted molar refractivity (Wildman–Crippen MR) is 91.0 cm³/mol. The molecule has 0 radical (unpaired) electrons. The van der Waals surface area contributed by atoms with Crippen LogP contribution in [0.25, 0.3) is 22.2 Å². The van der Waals surface area contributed by atoms with E-state index in [9.17, 15) is 9.59 Å². The Balaban J connectivity index is 2.37. The van der Waals surface area contributed by atoms with Crippen LogP contribution in [0.3, 0.4) is 0 Å². The average Bonchev–Trinajstić information content (AvgIpc) is 2.55. The van der Waals surface area contributed by atoms with Gasteiger partial charge in [-0.05, 0) is 30.7 Å². The highest BCUT2D eigenvalue weighted by Crippen LogP contribution is 2.24. The topological polar surface area (TPSA) is 59.2 Å². The van der Waals surface area contributed by atoms with Gasteiger partial charge in [0, 0.05) is 10.4 Å². The van der Waals surface area contributed by atoms with Crippen molar-refractivity contribution in [1.29, 1.82) is 0 Å². The van der Waals surface area contributed by atoms with Gasteiger partial charge in [0.25, 0.3) is 0 Å². The van der Waals surface area contributed by atoms with E-state index >= 15 is 0 Å². The zero-order valence-corrected chi connectivity index (χ0v) is 13.2. The van der Waals surface area contributed by atoms with E-state index in [1.807, 2.05) is 30.3 Å². The van der Waals surface area contributed by atoms with Gasteiger partial charge in [0.2, 0.25) is 5.43 Å². The lowest BCUT2D eigenvalue weighted by Crippen LogP contribution is -2.20. The molecule has 0 amide bonds. The molecule has 1 heterocycles. The minimum absolute atomic E-state index is 0.00729. The van der Waals surface area contributed by atoms with Crippen molar-refractivity contribution in [3.05, 3.63) is 69.3 Å². The quantitative estimate of drug-likeness (QED) is 0.739. The molecule has 116 valence electrons. The number of hydrogen-bond acceptors (Lipinski definition) is 3. The van der Waals surface area contributed by atoms with E-state index in [4.69, 9.17) is 16.3 Å². The Morgan fingerprint density at radius 3 is 2.61 bits per heavy atom. The van der Waals surface area contributed by atoms with Crippen molar-refractivity contribution in [1.82, 2.24) is 4.98 Å². The maximum atomic E-state index is 12.8. The first-order valence-electron chi connectivity index (χ1n) is 7.20. The number of aromatic nitrogens is 1. The van der Waals surface area contributed by atoms with Crippen LogP contribution >= 0.6 is 11.6 Å². The summed E-state index contributed by atoms with van der Waals surface area (Å²) in [4.78, 5) is 28.2. The van der Waals surface area contributed by atoms with Crippen LogP contribution in [0.1, 0.15) is 17.3 Å². The monoisotopic (exact) mass is 327 g/mol. The maximum Gasteiger partial charge on any atom is 0.344 e. The van der Waals surface area contributed by atoms with Gasteiger partial charge in [0.1, 0.15) is 5.56 Å². The molecule has 5 heteroatoms. The van der Waals surface area contributed by atoms with E-state index in [0.717, 1.165) is 5.56 Å². The highest BCUT2D eigenvalue weighted by molar-refractivity contribution is 6.31. The van der Waals surface area contributed by atoms with Crippen LogP contribution < -0.4 is 5.43 Å². The molecule has 0 saturated carbocycles. The summed E-state index contributed by atoms with van der Waals surface area (Å²) in [6.07, 6.45) is 0. The predicted octanol–water partition coefficient (Wildman–Crippen LogP) is 4.03. The van der Waals surface area contributed by atoms with Crippen molar-refractivity contribution in [2.45, 2.75) is 6.92 Å². The number of H-pyrrole nitrogens is 1. The Labute approximate surface area is 137 Å². The number of rotatable bonds is 3. The molecule has 0 spiro atoms. The van der Waals surface area contributed by atoms with Crippen molar-refractivity contribution in [2.75, 3.05) is 6.61 Å². The lowest BCUT2D eigenvalue weighted by atomic mass is 10.0. The summed E-state index contributed by atoms with van der Waals surface area (Å²) in [5.41, 5.74) is 1.38. The van der Waals surface area contributed by atoms with Gasteiger partial charge in [-0.25, -0.2) is 4.79 Å².